The quantitative estimate of drug-likeness (QED) is 0.794. The fraction of sp³-hybridized carbons (Fsp3) is 0.167. The predicted octanol–water partition coefficient (Wildman–Crippen LogP) is 3.15. The smallest absolute Gasteiger partial charge is 0.186 e. The average Bonchev–Trinajstić information content (AvgIpc) is 2.96. The number of thiocarbonyl (C=S) groups is 1. The van der Waals surface area contributed by atoms with Gasteiger partial charge in [0.05, 0.1) is 5.70 Å². The lowest BCUT2D eigenvalue weighted by Gasteiger charge is -2.27. The van der Waals surface area contributed by atoms with Crippen LogP contribution in [0.2, 0.25) is 0 Å². The molecule has 0 radical (unpaired) electrons. The third-order valence-electron chi connectivity index (χ3n) is 4.44. The van der Waals surface area contributed by atoms with Crippen LogP contribution < -0.4 is 11.2 Å². The number of nitrogens with two attached hydrogens (primary N) is 1. The molecule has 1 aliphatic carbocycles. The van der Waals surface area contributed by atoms with Gasteiger partial charge < -0.3 is 5.73 Å². The number of fused-ring (bicyclic) bond motifs is 2. The van der Waals surface area contributed by atoms with Crippen molar-refractivity contribution in [3.05, 3.63) is 76.9 Å². The van der Waals surface area contributed by atoms with Crippen LogP contribution in [0.5, 0.6) is 0 Å². The molecule has 3 N–H and O–H groups in total. The summed E-state index contributed by atoms with van der Waals surface area (Å²) < 4.78 is 0. The van der Waals surface area contributed by atoms with Crippen molar-refractivity contribution in [2.24, 2.45) is 5.73 Å². The Hall–Kier alpha value is -2.33. The molecule has 2 aliphatic rings. The lowest BCUT2D eigenvalue weighted by atomic mass is 9.85. The first-order valence-corrected chi connectivity index (χ1v) is 7.88. The lowest BCUT2D eigenvalue weighted by Crippen LogP contribution is -2.43. The van der Waals surface area contributed by atoms with Crippen LogP contribution in [0.15, 0.2) is 60.2 Å². The maximum atomic E-state index is 5.97. The highest BCUT2D eigenvalue weighted by atomic mass is 32.1. The van der Waals surface area contributed by atoms with Crippen molar-refractivity contribution in [1.82, 2.24) is 10.4 Å². The van der Waals surface area contributed by atoms with Crippen LogP contribution in [0.1, 0.15) is 29.2 Å². The second-order valence-corrected chi connectivity index (χ2v) is 6.11. The number of hydrogen-bond donors (Lipinski definition) is 2. The summed E-state index contributed by atoms with van der Waals surface area (Å²) in [6.45, 7) is 0. The van der Waals surface area contributed by atoms with Crippen molar-refractivity contribution in [2.75, 3.05) is 0 Å². The van der Waals surface area contributed by atoms with E-state index in [1.54, 1.807) is 0 Å². The molecule has 0 amide bonds. The fourth-order valence-electron chi connectivity index (χ4n) is 3.46. The minimum Gasteiger partial charge on any atom is -0.375 e. The van der Waals surface area contributed by atoms with Gasteiger partial charge in [-0.25, -0.2) is 0 Å². The molecule has 1 aliphatic heterocycles. The van der Waals surface area contributed by atoms with E-state index in [4.69, 9.17) is 18.0 Å². The van der Waals surface area contributed by atoms with Crippen molar-refractivity contribution in [3.63, 3.8) is 0 Å². The maximum Gasteiger partial charge on any atom is 0.186 e. The Kier molecular flexibility index (Phi) is 3.12. The van der Waals surface area contributed by atoms with Gasteiger partial charge >= 0.3 is 0 Å². The number of aryl methyl sites for hydroxylation is 1. The second-order valence-electron chi connectivity index (χ2n) is 5.69. The number of benzene rings is 2. The summed E-state index contributed by atoms with van der Waals surface area (Å²) in [6, 6.07) is 19.0. The SMILES string of the molecule is NC(=S)N1NC2=C(CCc3ccccc32)C1c1ccccc1. The zero-order chi connectivity index (χ0) is 15.1. The molecule has 0 bridgehead atoms. The number of rotatable bonds is 1. The van der Waals surface area contributed by atoms with Crippen LogP contribution >= 0.6 is 12.2 Å². The van der Waals surface area contributed by atoms with Gasteiger partial charge in [0.15, 0.2) is 5.11 Å². The van der Waals surface area contributed by atoms with Crippen molar-refractivity contribution in [3.8, 4) is 0 Å². The highest BCUT2D eigenvalue weighted by Crippen LogP contribution is 2.43. The second kappa shape index (κ2) is 5.14. The van der Waals surface area contributed by atoms with E-state index >= 15 is 0 Å². The third kappa shape index (κ3) is 1.99. The monoisotopic (exact) mass is 307 g/mol. The van der Waals surface area contributed by atoms with Gasteiger partial charge in [-0.2, -0.15) is 0 Å². The Morgan fingerprint density at radius 1 is 1.05 bits per heavy atom. The molecule has 1 heterocycles. The van der Waals surface area contributed by atoms with Crippen LogP contribution in [0, 0.1) is 0 Å². The molecule has 0 fully saturated rings. The molecule has 0 saturated carbocycles. The minimum absolute atomic E-state index is 0.0852. The average molecular weight is 307 g/mol. The maximum absolute atomic E-state index is 5.97. The van der Waals surface area contributed by atoms with Crippen LogP contribution in [0.25, 0.3) is 5.70 Å². The van der Waals surface area contributed by atoms with Gasteiger partial charge in [-0.15, -0.1) is 0 Å². The zero-order valence-corrected chi connectivity index (χ0v) is 12.9. The molecular formula is C18H17N3S. The highest BCUT2D eigenvalue weighted by molar-refractivity contribution is 7.80. The van der Waals surface area contributed by atoms with Crippen molar-refractivity contribution in [1.29, 1.82) is 0 Å². The molecule has 2 aromatic rings. The van der Waals surface area contributed by atoms with Crippen LogP contribution in [0.4, 0.5) is 0 Å². The number of hydrazine groups is 1. The molecular weight excluding hydrogens is 290 g/mol. The highest BCUT2D eigenvalue weighted by Gasteiger charge is 2.37. The van der Waals surface area contributed by atoms with E-state index in [-0.39, 0.29) is 6.04 Å². The Balaban J connectivity index is 1.86. The molecule has 0 spiro atoms. The lowest BCUT2D eigenvalue weighted by molar-refractivity contribution is 0.335. The van der Waals surface area contributed by atoms with Gasteiger partial charge in [0.2, 0.25) is 0 Å². The zero-order valence-electron chi connectivity index (χ0n) is 12.1. The number of nitrogens with one attached hydrogen (secondary N) is 1. The first-order chi connectivity index (χ1) is 10.8. The van der Waals surface area contributed by atoms with Gasteiger partial charge in [0, 0.05) is 5.56 Å². The molecule has 0 aromatic heterocycles. The molecule has 22 heavy (non-hydrogen) atoms. The van der Waals surface area contributed by atoms with E-state index in [1.807, 2.05) is 11.1 Å². The Morgan fingerprint density at radius 2 is 1.77 bits per heavy atom. The van der Waals surface area contributed by atoms with E-state index in [0.717, 1.165) is 12.8 Å². The molecule has 3 nitrogen and oxygen atoms in total. The third-order valence-corrected chi connectivity index (χ3v) is 4.64. The van der Waals surface area contributed by atoms with Gasteiger partial charge in [-0.3, -0.25) is 10.4 Å². The van der Waals surface area contributed by atoms with Crippen LogP contribution in [0.3, 0.4) is 0 Å². The van der Waals surface area contributed by atoms with Crippen molar-refractivity contribution < 1.29 is 0 Å². The van der Waals surface area contributed by atoms with Gasteiger partial charge in [-0.1, -0.05) is 54.6 Å². The minimum atomic E-state index is 0.0852. The van der Waals surface area contributed by atoms with E-state index in [1.165, 1.54) is 28.0 Å². The normalized spacial score (nSPS) is 19.5. The van der Waals surface area contributed by atoms with Crippen molar-refractivity contribution in [2.45, 2.75) is 18.9 Å². The molecule has 4 heteroatoms. The topological polar surface area (TPSA) is 41.3 Å². The van der Waals surface area contributed by atoms with Crippen LogP contribution in [-0.4, -0.2) is 10.1 Å². The van der Waals surface area contributed by atoms with E-state index in [9.17, 15) is 0 Å². The summed E-state index contributed by atoms with van der Waals surface area (Å²) in [6.07, 6.45) is 2.09. The molecule has 4 rings (SSSR count). The standard InChI is InChI=1S/C18H17N3S/c19-18(22)21-17(13-7-2-1-3-8-13)15-11-10-12-6-4-5-9-14(12)16(15)20-21/h1-9,17,20H,10-11H2,(H2,19,22). The summed E-state index contributed by atoms with van der Waals surface area (Å²) >= 11 is 5.27. The predicted molar refractivity (Wildman–Crippen MR) is 92.6 cm³/mol. The largest absolute Gasteiger partial charge is 0.375 e. The van der Waals surface area contributed by atoms with Crippen molar-refractivity contribution >= 4 is 23.0 Å². The first-order valence-electron chi connectivity index (χ1n) is 7.47. The van der Waals surface area contributed by atoms with E-state index < -0.39 is 0 Å². The molecule has 2 aromatic carbocycles. The summed E-state index contributed by atoms with van der Waals surface area (Å²) in [5, 5.41) is 2.29. The Bertz CT molecular complexity index is 767. The first kappa shape index (κ1) is 13.3. The van der Waals surface area contributed by atoms with Gasteiger partial charge in [0.1, 0.15) is 6.04 Å². The summed E-state index contributed by atoms with van der Waals surface area (Å²) in [4.78, 5) is 0. The number of nitrogens with zero attached hydrogens (tertiary/aromatic N) is 1. The van der Waals surface area contributed by atoms with E-state index in [2.05, 4.69) is 54.0 Å². The summed E-state index contributed by atoms with van der Waals surface area (Å²) in [5.74, 6) is 0. The fourth-order valence-corrected chi connectivity index (χ4v) is 3.61. The number of hydrogen-bond acceptors (Lipinski definition) is 2. The summed E-state index contributed by atoms with van der Waals surface area (Å²) in [5.41, 5.74) is 15.8. The van der Waals surface area contributed by atoms with E-state index in [0.29, 0.717) is 5.11 Å². The molecule has 0 saturated heterocycles. The Morgan fingerprint density at radius 3 is 2.55 bits per heavy atom. The van der Waals surface area contributed by atoms with Gasteiger partial charge in [0.25, 0.3) is 0 Å². The Labute approximate surface area is 135 Å². The van der Waals surface area contributed by atoms with Gasteiger partial charge in [-0.05, 0) is 41.8 Å². The summed E-state index contributed by atoms with van der Waals surface area (Å²) in [7, 11) is 0. The molecule has 110 valence electrons. The van der Waals surface area contributed by atoms with Crippen LogP contribution in [-0.2, 0) is 6.42 Å². The molecule has 1 atom stereocenters. The molecule has 1 unspecified atom stereocenters.